The van der Waals surface area contributed by atoms with E-state index in [1.54, 1.807) is 0 Å². The molecule has 1 heterocycles. The van der Waals surface area contributed by atoms with E-state index in [9.17, 15) is 9.59 Å². The molecule has 1 aliphatic heterocycles. The van der Waals surface area contributed by atoms with Crippen molar-refractivity contribution >= 4 is 11.9 Å². The highest BCUT2D eigenvalue weighted by molar-refractivity contribution is 5.84. The number of hydrogen-bond acceptors (Lipinski definition) is 3. The molecule has 0 aromatic heterocycles. The Hall–Kier alpha value is -1.06. The van der Waals surface area contributed by atoms with Crippen LogP contribution in [-0.4, -0.2) is 36.5 Å². The van der Waals surface area contributed by atoms with Crippen molar-refractivity contribution in [3.8, 4) is 0 Å². The molecule has 6 aliphatic rings. The summed E-state index contributed by atoms with van der Waals surface area (Å²) in [6.45, 7) is 3.80. The van der Waals surface area contributed by atoms with Gasteiger partial charge < -0.3 is 9.64 Å². The lowest BCUT2D eigenvalue weighted by Crippen LogP contribution is -2.61. The van der Waals surface area contributed by atoms with Gasteiger partial charge in [0.25, 0.3) is 0 Å². The summed E-state index contributed by atoms with van der Waals surface area (Å²) in [5.74, 6) is 2.98. The number of fused-ring (bicyclic) bond motifs is 1. The van der Waals surface area contributed by atoms with Crippen LogP contribution in [0.15, 0.2) is 0 Å². The lowest BCUT2D eigenvalue weighted by Gasteiger charge is -2.64. The van der Waals surface area contributed by atoms with Crippen molar-refractivity contribution in [2.45, 2.75) is 58.3 Å². The van der Waals surface area contributed by atoms with Crippen molar-refractivity contribution in [1.82, 2.24) is 4.90 Å². The second-order valence-corrected chi connectivity index (χ2v) is 9.42. The van der Waals surface area contributed by atoms with Gasteiger partial charge >= 0.3 is 5.97 Å². The van der Waals surface area contributed by atoms with E-state index in [2.05, 4.69) is 4.90 Å². The summed E-state index contributed by atoms with van der Waals surface area (Å²) in [6, 6.07) is 0. The number of nitrogens with zero attached hydrogens (tertiary/aromatic N) is 1. The Labute approximate surface area is 144 Å². The third-order valence-electron chi connectivity index (χ3n) is 8.19. The molecule has 1 amide bonds. The van der Waals surface area contributed by atoms with Crippen molar-refractivity contribution in [3.05, 3.63) is 0 Å². The Kier molecular flexibility index (Phi) is 3.16. The predicted molar refractivity (Wildman–Crippen MR) is 89.0 cm³/mol. The highest BCUT2D eigenvalue weighted by atomic mass is 16.5. The zero-order chi connectivity index (χ0) is 16.5. The van der Waals surface area contributed by atoms with Crippen molar-refractivity contribution < 1.29 is 14.3 Å². The summed E-state index contributed by atoms with van der Waals surface area (Å²) in [6.07, 6.45) is 9.27. The zero-order valence-corrected chi connectivity index (χ0v) is 14.8. The Morgan fingerprint density at radius 3 is 2.67 bits per heavy atom. The predicted octanol–water partition coefficient (Wildman–Crippen LogP) is 3.00. The van der Waals surface area contributed by atoms with Gasteiger partial charge in [-0.1, -0.05) is 0 Å². The van der Waals surface area contributed by atoms with Crippen LogP contribution in [0.2, 0.25) is 0 Å². The summed E-state index contributed by atoms with van der Waals surface area (Å²) in [5, 5.41) is 0. The molecule has 5 saturated carbocycles. The van der Waals surface area contributed by atoms with E-state index in [4.69, 9.17) is 4.74 Å². The van der Waals surface area contributed by atoms with Gasteiger partial charge in [0.2, 0.25) is 5.91 Å². The van der Waals surface area contributed by atoms with Crippen LogP contribution in [0, 0.1) is 34.5 Å². The fourth-order valence-electron chi connectivity index (χ4n) is 7.62. The van der Waals surface area contributed by atoms with Gasteiger partial charge in [-0.2, -0.15) is 0 Å². The molecule has 5 aliphatic carbocycles. The van der Waals surface area contributed by atoms with Gasteiger partial charge in [-0.3, -0.25) is 9.59 Å². The van der Waals surface area contributed by atoms with Crippen LogP contribution in [0.3, 0.4) is 0 Å². The van der Waals surface area contributed by atoms with E-state index in [0.29, 0.717) is 17.9 Å². The van der Waals surface area contributed by atoms with Crippen LogP contribution < -0.4 is 0 Å². The molecule has 6 fully saturated rings. The SMILES string of the molecule is CCOC(=O)C1CCN(C(=O)C23CC4CC5C(C2)CC5(C4)C3)CC1. The van der Waals surface area contributed by atoms with E-state index in [0.717, 1.165) is 56.5 Å². The van der Waals surface area contributed by atoms with Crippen molar-refractivity contribution in [2.24, 2.45) is 34.5 Å². The molecule has 4 nitrogen and oxygen atoms in total. The summed E-state index contributed by atoms with van der Waals surface area (Å²) in [4.78, 5) is 27.4. The standard InChI is InChI=1S/C20H29NO3/c1-2-24-17(22)14-3-5-21(6-4-14)18(23)20-9-13-7-16-15(11-20)10-19(16,8-13)12-20/h13-16H,2-12H2,1H3. The molecule has 24 heavy (non-hydrogen) atoms. The molecule has 5 unspecified atom stereocenters. The molecule has 0 aromatic rings. The third kappa shape index (κ3) is 1.91. The number of likely N-dealkylation sites (tertiary alicyclic amines) is 1. The topological polar surface area (TPSA) is 46.6 Å². The molecular weight excluding hydrogens is 302 g/mol. The minimum Gasteiger partial charge on any atom is -0.466 e. The minimum absolute atomic E-state index is 0.00299. The lowest BCUT2D eigenvalue weighted by molar-refractivity contribution is -0.179. The molecular formula is C20H29NO3. The number of carbonyl (C=O) groups excluding carboxylic acids is 2. The largest absolute Gasteiger partial charge is 0.466 e. The maximum atomic E-state index is 13.4. The number of rotatable bonds is 3. The van der Waals surface area contributed by atoms with Gasteiger partial charge in [-0.25, -0.2) is 0 Å². The average Bonchev–Trinajstić information content (AvgIpc) is 2.72. The Morgan fingerprint density at radius 1 is 1.12 bits per heavy atom. The normalized spacial score (nSPS) is 45.9. The van der Waals surface area contributed by atoms with E-state index < -0.39 is 0 Å². The number of hydrogen-bond donors (Lipinski definition) is 0. The summed E-state index contributed by atoms with van der Waals surface area (Å²) >= 11 is 0. The molecule has 4 bridgehead atoms. The fraction of sp³-hybridized carbons (Fsp3) is 0.900. The van der Waals surface area contributed by atoms with E-state index in [1.165, 1.54) is 25.7 Å². The van der Waals surface area contributed by atoms with Crippen molar-refractivity contribution in [1.29, 1.82) is 0 Å². The second kappa shape index (κ2) is 4.98. The zero-order valence-electron chi connectivity index (χ0n) is 14.8. The van der Waals surface area contributed by atoms with Crippen LogP contribution in [0.25, 0.3) is 0 Å². The molecule has 1 saturated heterocycles. The summed E-state index contributed by atoms with van der Waals surface area (Å²) in [7, 11) is 0. The number of amides is 1. The van der Waals surface area contributed by atoms with Gasteiger partial charge in [0.15, 0.2) is 0 Å². The summed E-state index contributed by atoms with van der Waals surface area (Å²) < 4.78 is 5.15. The first kappa shape index (κ1) is 15.2. The maximum Gasteiger partial charge on any atom is 0.309 e. The highest BCUT2D eigenvalue weighted by Crippen LogP contribution is 2.78. The molecule has 132 valence electrons. The number of piperidine rings is 1. The Balaban J connectivity index is 1.28. The molecule has 1 spiro atoms. The number of esters is 1. The van der Waals surface area contributed by atoms with Crippen LogP contribution in [-0.2, 0) is 14.3 Å². The third-order valence-corrected chi connectivity index (χ3v) is 8.19. The van der Waals surface area contributed by atoms with Gasteiger partial charge in [0, 0.05) is 13.1 Å². The van der Waals surface area contributed by atoms with E-state index in [-0.39, 0.29) is 17.3 Å². The quantitative estimate of drug-likeness (QED) is 0.747. The molecule has 4 heteroatoms. The molecule has 0 radical (unpaired) electrons. The van der Waals surface area contributed by atoms with E-state index >= 15 is 0 Å². The first-order valence-electron chi connectivity index (χ1n) is 10.0. The second-order valence-electron chi connectivity index (χ2n) is 9.42. The molecule has 0 aromatic carbocycles. The monoisotopic (exact) mass is 331 g/mol. The first-order valence-corrected chi connectivity index (χ1v) is 10.0. The Morgan fingerprint density at radius 2 is 1.92 bits per heavy atom. The number of ether oxygens (including phenoxy) is 1. The lowest BCUT2D eigenvalue weighted by atomic mass is 9.41. The van der Waals surface area contributed by atoms with Gasteiger partial charge in [-0.15, -0.1) is 0 Å². The molecule has 6 rings (SSSR count). The average molecular weight is 331 g/mol. The van der Waals surface area contributed by atoms with Crippen LogP contribution in [0.4, 0.5) is 0 Å². The maximum absolute atomic E-state index is 13.4. The molecule has 5 atom stereocenters. The van der Waals surface area contributed by atoms with Crippen molar-refractivity contribution in [3.63, 3.8) is 0 Å². The highest BCUT2D eigenvalue weighted by Gasteiger charge is 2.71. The van der Waals surface area contributed by atoms with E-state index in [1.807, 2.05) is 6.92 Å². The smallest absolute Gasteiger partial charge is 0.309 e. The van der Waals surface area contributed by atoms with Crippen molar-refractivity contribution in [2.75, 3.05) is 19.7 Å². The minimum atomic E-state index is -0.0703. The first-order chi connectivity index (χ1) is 11.6. The Bertz CT molecular complexity index is 575. The van der Waals surface area contributed by atoms with Gasteiger partial charge in [-0.05, 0) is 81.5 Å². The van der Waals surface area contributed by atoms with Crippen LogP contribution in [0.5, 0.6) is 0 Å². The van der Waals surface area contributed by atoms with Gasteiger partial charge in [0.05, 0.1) is 17.9 Å². The molecule has 0 N–H and O–H groups in total. The van der Waals surface area contributed by atoms with Gasteiger partial charge in [0.1, 0.15) is 0 Å². The summed E-state index contributed by atoms with van der Waals surface area (Å²) in [5.41, 5.74) is 0.528. The fourth-order valence-corrected chi connectivity index (χ4v) is 7.62. The van der Waals surface area contributed by atoms with Crippen LogP contribution in [0.1, 0.15) is 58.3 Å². The van der Waals surface area contributed by atoms with Crippen LogP contribution >= 0.6 is 0 Å². The number of carbonyl (C=O) groups is 2.